The SMILES string of the molecule is CCCCNCc1cn(-c2ccc(C)c(C)c2)c(C)cc1=O. The molecule has 2 rings (SSSR count). The summed E-state index contributed by atoms with van der Waals surface area (Å²) >= 11 is 0. The van der Waals surface area contributed by atoms with Crippen molar-refractivity contribution in [1.29, 1.82) is 0 Å². The highest BCUT2D eigenvalue weighted by Crippen LogP contribution is 2.15. The van der Waals surface area contributed by atoms with Gasteiger partial charge in [0.15, 0.2) is 5.43 Å². The van der Waals surface area contributed by atoms with Gasteiger partial charge in [-0.05, 0) is 57.0 Å². The number of nitrogens with zero attached hydrogens (tertiary/aromatic N) is 1. The summed E-state index contributed by atoms with van der Waals surface area (Å²) in [4.78, 5) is 12.2. The highest BCUT2D eigenvalue weighted by molar-refractivity contribution is 5.41. The van der Waals surface area contributed by atoms with Gasteiger partial charge in [-0.25, -0.2) is 0 Å². The van der Waals surface area contributed by atoms with Crippen LogP contribution in [-0.4, -0.2) is 11.1 Å². The quantitative estimate of drug-likeness (QED) is 0.826. The van der Waals surface area contributed by atoms with E-state index in [1.807, 2.05) is 13.1 Å². The number of nitrogens with one attached hydrogen (secondary N) is 1. The second kappa shape index (κ2) is 7.41. The molecular weight excluding hydrogens is 272 g/mol. The van der Waals surface area contributed by atoms with Crippen LogP contribution in [0.2, 0.25) is 0 Å². The third-order valence-corrected chi connectivity index (χ3v) is 4.11. The number of rotatable bonds is 6. The molecule has 0 aliphatic rings. The Morgan fingerprint density at radius 1 is 1.09 bits per heavy atom. The molecule has 0 fully saturated rings. The number of aromatic nitrogens is 1. The molecule has 1 N–H and O–H groups in total. The van der Waals surface area contributed by atoms with Crippen molar-refractivity contribution in [3.63, 3.8) is 0 Å². The molecule has 1 aromatic heterocycles. The number of hydrogen-bond acceptors (Lipinski definition) is 2. The number of aryl methyl sites for hydroxylation is 3. The van der Waals surface area contributed by atoms with Crippen molar-refractivity contribution in [2.45, 2.75) is 47.1 Å². The van der Waals surface area contributed by atoms with Gasteiger partial charge in [-0.2, -0.15) is 0 Å². The van der Waals surface area contributed by atoms with Crippen LogP contribution in [-0.2, 0) is 6.54 Å². The first-order valence-corrected chi connectivity index (χ1v) is 8.03. The monoisotopic (exact) mass is 298 g/mol. The van der Waals surface area contributed by atoms with Crippen LogP contribution in [0.4, 0.5) is 0 Å². The van der Waals surface area contributed by atoms with Crippen molar-refractivity contribution < 1.29 is 0 Å². The van der Waals surface area contributed by atoms with Gasteiger partial charge in [0.25, 0.3) is 0 Å². The number of benzene rings is 1. The number of pyridine rings is 1. The van der Waals surface area contributed by atoms with Crippen LogP contribution in [0, 0.1) is 20.8 Å². The third-order valence-electron chi connectivity index (χ3n) is 4.11. The molecule has 0 saturated carbocycles. The van der Waals surface area contributed by atoms with Gasteiger partial charge >= 0.3 is 0 Å². The maximum atomic E-state index is 12.2. The summed E-state index contributed by atoms with van der Waals surface area (Å²) in [7, 11) is 0. The average Bonchev–Trinajstić information content (AvgIpc) is 2.48. The molecule has 0 saturated heterocycles. The summed E-state index contributed by atoms with van der Waals surface area (Å²) in [6.45, 7) is 9.95. The van der Waals surface area contributed by atoms with E-state index < -0.39 is 0 Å². The molecule has 1 heterocycles. The van der Waals surface area contributed by atoms with Gasteiger partial charge in [0.1, 0.15) is 0 Å². The Kier molecular flexibility index (Phi) is 5.56. The molecule has 0 spiro atoms. The van der Waals surface area contributed by atoms with E-state index in [0.717, 1.165) is 36.3 Å². The number of hydrogen-bond donors (Lipinski definition) is 1. The second-order valence-corrected chi connectivity index (χ2v) is 5.97. The van der Waals surface area contributed by atoms with Crippen molar-refractivity contribution in [2.75, 3.05) is 6.54 Å². The summed E-state index contributed by atoms with van der Waals surface area (Å²) in [5.74, 6) is 0. The van der Waals surface area contributed by atoms with E-state index in [9.17, 15) is 4.79 Å². The Bertz CT molecular complexity index is 701. The first-order chi connectivity index (χ1) is 10.5. The summed E-state index contributed by atoms with van der Waals surface area (Å²) < 4.78 is 2.10. The molecule has 22 heavy (non-hydrogen) atoms. The van der Waals surface area contributed by atoms with Crippen molar-refractivity contribution in [3.05, 3.63) is 63.1 Å². The molecule has 3 nitrogen and oxygen atoms in total. The van der Waals surface area contributed by atoms with Crippen LogP contribution < -0.4 is 10.7 Å². The van der Waals surface area contributed by atoms with Crippen molar-refractivity contribution >= 4 is 0 Å². The third kappa shape index (κ3) is 3.86. The van der Waals surface area contributed by atoms with E-state index in [-0.39, 0.29) is 5.43 Å². The van der Waals surface area contributed by atoms with E-state index in [0.29, 0.717) is 6.54 Å². The highest BCUT2D eigenvalue weighted by Gasteiger charge is 2.06. The largest absolute Gasteiger partial charge is 0.321 e. The van der Waals surface area contributed by atoms with Crippen LogP contribution in [0.5, 0.6) is 0 Å². The molecular formula is C19H26N2O. The lowest BCUT2D eigenvalue weighted by molar-refractivity contribution is 0.637. The van der Waals surface area contributed by atoms with E-state index in [1.54, 1.807) is 6.07 Å². The molecule has 0 radical (unpaired) electrons. The van der Waals surface area contributed by atoms with Crippen molar-refractivity contribution in [3.8, 4) is 5.69 Å². The van der Waals surface area contributed by atoms with E-state index in [4.69, 9.17) is 0 Å². The van der Waals surface area contributed by atoms with E-state index in [2.05, 4.69) is 48.9 Å². The maximum absolute atomic E-state index is 12.2. The van der Waals surface area contributed by atoms with E-state index >= 15 is 0 Å². The Labute approximate surface area is 133 Å². The molecule has 1 aromatic carbocycles. The molecule has 0 amide bonds. The highest BCUT2D eigenvalue weighted by atomic mass is 16.1. The van der Waals surface area contributed by atoms with Gasteiger partial charge in [-0.15, -0.1) is 0 Å². The maximum Gasteiger partial charge on any atom is 0.186 e. The van der Waals surface area contributed by atoms with Crippen LogP contribution >= 0.6 is 0 Å². The predicted molar refractivity (Wildman–Crippen MR) is 92.9 cm³/mol. The summed E-state index contributed by atoms with van der Waals surface area (Å²) in [5.41, 5.74) is 5.55. The first kappa shape index (κ1) is 16.5. The van der Waals surface area contributed by atoms with Crippen LogP contribution in [0.1, 0.15) is 42.1 Å². The van der Waals surface area contributed by atoms with Gasteiger partial charge in [0.2, 0.25) is 0 Å². The van der Waals surface area contributed by atoms with Crippen LogP contribution in [0.25, 0.3) is 5.69 Å². The fourth-order valence-corrected chi connectivity index (χ4v) is 2.48. The Morgan fingerprint density at radius 3 is 2.55 bits per heavy atom. The topological polar surface area (TPSA) is 34.0 Å². The summed E-state index contributed by atoms with van der Waals surface area (Å²) in [6.07, 6.45) is 4.27. The van der Waals surface area contributed by atoms with Gasteiger partial charge in [-0.3, -0.25) is 4.79 Å². The Morgan fingerprint density at radius 2 is 1.86 bits per heavy atom. The Balaban J connectivity index is 2.31. The molecule has 0 aliphatic carbocycles. The molecule has 0 atom stereocenters. The minimum Gasteiger partial charge on any atom is -0.321 e. The summed E-state index contributed by atoms with van der Waals surface area (Å²) in [5, 5.41) is 3.35. The first-order valence-electron chi connectivity index (χ1n) is 8.03. The normalized spacial score (nSPS) is 10.9. The van der Waals surface area contributed by atoms with Crippen molar-refractivity contribution in [1.82, 2.24) is 9.88 Å². The Hall–Kier alpha value is -1.87. The van der Waals surface area contributed by atoms with Crippen LogP contribution in [0.3, 0.4) is 0 Å². The zero-order valence-corrected chi connectivity index (χ0v) is 14.1. The molecule has 3 heteroatoms. The minimum atomic E-state index is 0.113. The molecule has 0 aliphatic heterocycles. The summed E-state index contributed by atoms with van der Waals surface area (Å²) in [6, 6.07) is 8.13. The zero-order chi connectivity index (χ0) is 16.1. The average molecular weight is 298 g/mol. The molecule has 118 valence electrons. The predicted octanol–water partition coefficient (Wildman–Crippen LogP) is 3.65. The second-order valence-electron chi connectivity index (χ2n) is 5.97. The number of unbranched alkanes of at least 4 members (excludes halogenated alkanes) is 1. The van der Waals surface area contributed by atoms with Crippen LogP contribution in [0.15, 0.2) is 35.3 Å². The van der Waals surface area contributed by atoms with Gasteiger partial charge < -0.3 is 9.88 Å². The minimum absolute atomic E-state index is 0.113. The fourth-order valence-electron chi connectivity index (χ4n) is 2.48. The van der Waals surface area contributed by atoms with E-state index in [1.165, 1.54) is 11.1 Å². The molecule has 0 bridgehead atoms. The molecule has 2 aromatic rings. The molecule has 0 unspecified atom stereocenters. The van der Waals surface area contributed by atoms with Gasteiger partial charge in [0, 0.05) is 35.8 Å². The zero-order valence-electron chi connectivity index (χ0n) is 14.1. The van der Waals surface area contributed by atoms with Gasteiger partial charge in [0.05, 0.1) is 0 Å². The van der Waals surface area contributed by atoms with Gasteiger partial charge in [-0.1, -0.05) is 19.4 Å². The fraction of sp³-hybridized carbons (Fsp3) is 0.421. The van der Waals surface area contributed by atoms with Crippen molar-refractivity contribution in [2.24, 2.45) is 0 Å². The lowest BCUT2D eigenvalue weighted by Crippen LogP contribution is -2.22. The lowest BCUT2D eigenvalue weighted by Gasteiger charge is -2.14. The smallest absolute Gasteiger partial charge is 0.186 e. The lowest BCUT2D eigenvalue weighted by atomic mass is 10.1. The standard InChI is InChI=1S/C19H26N2O/c1-5-6-9-20-12-17-13-21(16(4)11-19(17)22)18-8-7-14(2)15(3)10-18/h7-8,10-11,13,20H,5-6,9,12H2,1-4H3.